The Labute approximate surface area is 162 Å². The predicted molar refractivity (Wildman–Crippen MR) is 105 cm³/mol. The number of hydrogen-bond acceptors (Lipinski definition) is 4. The summed E-state index contributed by atoms with van der Waals surface area (Å²) in [7, 11) is 0. The smallest absolute Gasteiger partial charge is 0.321 e. The quantitative estimate of drug-likeness (QED) is 0.770. The van der Waals surface area contributed by atoms with Gasteiger partial charge >= 0.3 is 6.03 Å². The number of imide groups is 1. The molecule has 0 radical (unpaired) electrons. The first-order valence-corrected chi connectivity index (χ1v) is 9.43. The Kier molecular flexibility index (Phi) is 6.36. The highest BCUT2D eigenvalue weighted by Gasteiger charge is 2.22. The summed E-state index contributed by atoms with van der Waals surface area (Å²) in [6.45, 7) is 9.20. The van der Waals surface area contributed by atoms with Gasteiger partial charge in [0, 0.05) is 23.0 Å². The molecule has 6 nitrogen and oxygen atoms in total. The van der Waals surface area contributed by atoms with E-state index in [1.54, 1.807) is 13.1 Å². The number of nitrogens with one attached hydrogen (secondary N) is 2. The largest absolute Gasteiger partial charge is 0.333 e. The molecule has 2 N–H and O–H groups in total. The lowest BCUT2D eigenvalue weighted by molar-refractivity contribution is -0.119. The Morgan fingerprint density at radius 1 is 1.31 bits per heavy atom. The van der Waals surface area contributed by atoms with Gasteiger partial charge in [-0.25, -0.2) is 9.78 Å². The van der Waals surface area contributed by atoms with Crippen molar-refractivity contribution in [3.05, 3.63) is 41.2 Å². The predicted octanol–water partition coefficient (Wildman–Crippen LogP) is 3.94. The van der Waals surface area contributed by atoms with Crippen molar-refractivity contribution in [1.29, 1.82) is 0 Å². The SMILES string of the molecule is Cc1c(Cl)cccc1-n1ccnc1SC(C)C(=O)NC(=O)NC(C)(C)C. The van der Waals surface area contributed by atoms with Crippen LogP contribution in [0.4, 0.5) is 4.79 Å². The van der Waals surface area contributed by atoms with Gasteiger partial charge in [0.15, 0.2) is 5.16 Å². The molecule has 1 heterocycles. The summed E-state index contributed by atoms with van der Waals surface area (Å²) in [5.74, 6) is -0.380. The fourth-order valence-corrected chi connectivity index (χ4v) is 3.26. The molecule has 0 aliphatic rings. The van der Waals surface area contributed by atoms with Crippen LogP contribution in [0.15, 0.2) is 35.7 Å². The van der Waals surface area contributed by atoms with Crippen LogP contribution < -0.4 is 10.6 Å². The zero-order valence-corrected chi connectivity index (χ0v) is 17.0. The lowest BCUT2D eigenvalue weighted by atomic mass is 10.1. The monoisotopic (exact) mass is 394 g/mol. The molecule has 8 heteroatoms. The maximum atomic E-state index is 12.3. The number of amides is 3. The van der Waals surface area contributed by atoms with Crippen LogP contribution in [-0.2, 0) is 4.79 Å². The van der Waals surface area contributed by atoms with Crippen molar-refractivity contribution in [3.8, 4) is 5.69 Å². The van der Waals surface area contributed by atoms with E-state index in [0.29, 0.717) is 10.2 Å². The van der Waals surface area contributed by atoms with Gasteiger partial charge in [-0.05, 0) is 52.3 Å². The number of urea groups is 1. The number of hydrogen-bond donors (Lipinski definition) is 2. The number of rotatable bonds is 4. The standard InChI is InChI=1S/C18H23ClN4O2S/c1-11-13(19)7-6-8-14(11)23-10-9-20-17(23)26-12(2)15(24)21-16(25)22-18(3,4)5/h6-10,12H,1-5H3,(H2,21,22,24,25). The van der Waals surface area contributed by atoms with Gasteiger partial charge in [-0.2, -0.15) is 0 Å². The fourth-order valence-electron chi connectivity index (χ4n) is 2.21. The van der Waals surface area contributed by atoms with Gasteiger partial charge in [0.2, 0.25) is 5.91 Å². The molecule has 26 heavy (non-hydrogen) atoms. The molecule has 140 valence electrons. The van der Waals surface area contributed by atoms with Crippen LogP contribution in [-0.4, -0.2) is 32.3 Å². The van der Waals surface area contributed by atoms with Gasteiger partial charge in [0.1, 0.15) is 0 Å². The number of benzene rings is 1. The van der Waals surface area contributed by atoms with Crippen molar-refractivity contribution in [1.82, 2.24) is 20.2 Å². The van der Waals surface area contributed by atoms with Gasteiger partial charge in [-0.15, -0.1) is 0 Å². The summed E-state index contributed by atoms with van der Waals surface area (Å²) in [6, 6.07) is 5.12. The van der Waals surface area contributed by atoms with Gasteiger partial charge < -0.3 is 5.32 Å². The highest BCUT2D eigenvalue weighted by Crippen LogP contribution is 2.28. The van der Waals surface area contributed by atoms with E-state index in [2.05, 4.69) is 15.6 Å². The van der Waals surface area contributed by atoms with E-state index in [1.807, 2.05) is 56.7 Å². The molecule has 2 rings (SSSR count). The minimum absolute atomic E-state index is 0.380. The lowest BCUT2D eigenvalue weighted by Crippen LogP contribution is -2.49. The van der Waals surface area contributed by atoms with Crippen LogP contribution in [0.2, 0.25) is 5.02 Å². The number of nitrogens with zero attached hydrogens (tertiary/aromatic N) is 2. The van der Waals surface area contributed by atoms with E-state index in [-0.39, 0.29) is 5.91 Å². The normalized spacial score (nSPS) is 12.5. The van der Waals surface area contributed by atoms with Crippen LogP contribution in [0.1, 0.15) is 33.3 Å². The molecule has 1 aromatic carbocycles. The average Bonchev–Trinajstić information content (AvgIpc) is 2.95. The molecular weight excluding hydrogens is 372 g/mol. The second-order valence-electron chi connectivity index (χ2n) is 6.92. The third kappa shape index (κ3) is 5.25. The number of carbonyl (C=O) groups is 2. The Bertz CT molecular complexity index is 814. The lowest BCUT2D eigenvalue weighted by Gasteiger charge is -2.21. The molecule has 1 atom stereocenters. The summed E-state index contributed by atoms with van der Waals surface area (Å²) >= 11 is 7.47. The molecule has 0 spiro atoms. The Balaban J connectivity index is 2.10. The molecular formula is C18H23ClN4O2S. The van der Waals surface area contributed by atoms with E-state index in [9.17, 15) is 9.59 Å². The van der Waals surface area contributed by atoms with Crippen LogP contribution >= 0.6 is 23.4 Å². The summed E-state index contributed by atoms with van der Waals surface area (Å²) in [4.78, 5) is 28.5. The summed E-state index contributed by atoms with van der Waals surface area (Å²) < 4.78 is 1.88. The van der Waals surface area contributed by atoms with Crippen molar-refractivity contribution in [3.63, 3.8) is 0 Å². The highest BCUT2D eigenvalue weighted by atomic mass is 35.5. The summed E-state index contributed by atoms with van der Waals surface area (Å²) in [6.07, 6.45) is 3.48. The third-order valence-electron chi connectivity index (χ3n) is 3.48. The minimum atomic E-state index is -0.510. The maximum Gasteiger partial charge on any atom is 0.321 e. The average molecular weight is 395 g/mol. The highest BCUT2D eigenvalue weighted by molar-refractivity contribution is 8.00. The molecule has 0 aliphatic heterocycles. The molecule has 1 unspecified atom stereocenters. The fraction of sp³-hybridized carbons (Fsp3) is 0.389. The molecule has 0 saturated heterocycles. The van der Waals surface area contributed by atoms with Crippen LogP contribution in [0.25, 0.3) is 5.69 Å². The summed E-state index contributed by atoms with van der Waals surface area (Å²) in [5, 5.41) is 5.87. The number of halogens is 1. The van der Waals surface area contributed by atoms with E-state index < -0.39 is 16.8 Å². The van der Waals surface area contributed by atoms with Gasteiger partial charge in [-0.3, -0.25) is 14.7 Å². The van der Waals surface area contributed by atoms with Gasteiger partial charge in [-0.1, -0.05) is 29.4 Å². The zero-order chi connectivity index (χ0) is 19.5. The van der Waals surface area contributed by atoms with Crippen LogP contribution in [0.3, 0.4) is 0 Å². The van der Waals surface area contributed by atoms with Crippen molar-refractivity contribution >= 4 is 35.3 Å². The minimum Gasteiger partial charge on any atom is -0.333 e. The first-order chi connectivity index (χ1) is 12.1. The zero-order valence-electron chi connectivity index (χ0n) is 15.5. The molecule has 2 aromatic rings. The number of aromatic nitrogens is 2. The number of carbonyl (C=O) groups excluding carboxylic acids is 2. The number of thioether (sulfide) groups is 1. The van der Waals surface area contributed by atoms with Crippen molar-refractivity contribution < 1.29 is 9.59 Å². The van der Waals surface area contributed by atoms with Crippen LogP contribution in [0.5, 0.6) is 0 Å². The molecule has 3 amide bonds. The van der Waals surface area contributed by atoms with Gasteiger partial charge in [0.25, 0.3) is 0 Å². The van der Waals surface area contributed by atoms with Gasteiger partial charge in [0.05, 0.1) is 10.9 Å². The van der Waals surface area contributed by atoms with E-state index in [4.69, 9.17) is 11.6 Å². The van der Waals surface area contributed by atoms with Crippen molar-refractivity contribution in [2.45, 2.75) is 50.6 Å². The van der Waals surface area contributed by atoms with Crippen molar-refractivity contribution in [2.24, 2.45) is 0 Å². The van der Waals surface area contributed by atoms with E-state index >= 15 is 0 Å². The van der Waals surface area contributed by atoms with E-state index in [1.165, 1.54) is 11.8 Å². The first kappa shape index (κ1) is 20.3. The number of imidazole rings is 1. The molecule has 0 bridgehead atoms. The maximum absolute atomic E-state index is 12.3. The van der Waals surface area contributed by atoms with Crippen molar-refractivity contribution in [2.75, 3.05) is 0 Å². The first-order valence-electron chi connectivity index (χ1n) is 8.17. The summed E-state index contributed by atoms with van der Waals surface area (Å²) in [5.41, 5.74) is 1.41. The second-order valence-corrected chi connectivity index (χ2v) is 8.63. The molecule has 1 aromatic heterocycles. The molecule has 0 saturated carbocycles. The Morgan fingerprint density at radius 2 is 2.00 bits per heavy atom. The Morgan fingerprint density at radius 3 is 2.65 bits per heavy atom. The topological polar surface area (TPSA) is 76.0 Å². The third-order valence-corrected chi connectivity index (χ3v) is 4.97. The second kappa shape index (κ2) is 8.14. The van der Waals surface area contributed by atoms with E-state index in [0.717, 1.165) is 11.3 Å². The molecule has 0 fully saturated rings. The molecule has 0 aliphatic carbocycles. The van der Waals surface area contributed by atoms with Crippen LogP contribution in [0, 0.1) is 6.92 Å². The Hall–Kier alpha value is -1.99.